The van der Waals surface area contributed by atoms with Crippen LogP contribution in [0.3, 0.4) is 0 Å². The summed E-state index contributed by atoms with van der Waals surface area (Å²) in [6, 6.07) is 14.5. The van der Waals surface area contributed by atoms with Gasteiger partial charge in [0.05, 0.1) is 17.1 Å². The third kappa shape index (κ3) is 4.52. The molecule has 6 rings (SSSR count). The first-order valence-electron chi connectivity index (χ1n) is 11.9. The van der Waals surface area contributed by atoms with Crippen LogP contribution in [0.15, 0.2) is 73.3 Å². The second kappa shape index (κ2) is 9.44. The van der Waals surface area contributed by atoms with E-state index in [0.717, 1.165) is 45.3 Å². The van der Waals surface area contributed by atoms with Crippen molar-refractivity contribution in [1.82, 2.24) is 35.0 Å². The molecule has 0 spiro atoms. The molecule has 8 nitrogen and oxygen atoms in total. The molecule has 0 saturated carbocycles. The van der Waals surface area contributed by atoms with Crippen LogP contribution in [0.25, 0.3) is 55.7 Å². The molecule has 0 aliphatic rings. The van der Waals surface area contributed by atoms with Crippen LogP contribution in [-0.2, 0) is 0 Å². The summed E-state index contributed by atoms with van der Waals surface area (Å²) in [7, 11) is 3.93. The van der Waals surface area contributed by atoms with E-state index in [0.29, 0.717) is 29.3 Å². The van der Waals surface area contributed by atoms with Crippen LogP contribution in [0, 0.1) is 5.82 Å². The highest BCUT2D eigenvalue weighted by Crippen LogP contribution is 2.35. The van der Waals surface area contributed by atoms with Gasteiger partial charge in [-0.25, -0.2) is 9.37 Å². The highest BCUT2D eigenvalue weighted by Gasteiger charge is 2.16. The van der Waals surface area contributed by atoms with E-state index >= 15 is 0 Å². The number of nitrogens with one attached hydrogen (secondary N) is 2. The fraction of sp³-hybridized carbons (Fsp3) is 0.143. The number of fused-ring (bicyclic) bond motifs is 2. The number of benzene rings is 1. The van der Waals surface area contributed by atoms with Crippen molar-refractivity contribution < 1.29 is 9.13 Å². The van der Waals surface area contributed by atoms with Gasteiger partial charge in [-0.1, -0.05) is 0 Å². The molecular formula is C28H24FN7O. The lowest BCUT2D eigenvalue weighted by atomic mass is 10.1. The Labute approximate surface area is 212 Å². The molecular weight excluding hydrogens is 469 g/mol. The lowest BCUT2D eigenvalue weighted by molar-refractivity contribution is 0.260. The quantitative estimate of drug-likeness (QED) is 0.313. The molecule has 5 aromatic heterocycles. The van der Waals surface area contributed by atoms with Gasteiger partial charge in [0.1, 0.15) is 18.2 Å². The first kappa shape index (κ1) is 22.8. The molecule has 0 unspecified atom stereocenters. The second-order valence-corrected chi connectivity index (χ2v) is 9.06. The Kier molecular flexibility index (Phi) is 5.82. The molecule has 0 aliphatic carbocycles. The molecule has 2 N–H and O–H groups in total. The van der Waals surface area contributed by atoms with Gasteiger partial charge in [-0.2, -0.15) is 5.10 Å². The number of nitrogens with zero attached hydrogens (tertiary/aromatic N) is 5. The lowest BCUT2D eigenvalue weighted by Gasteiger charge is -2.12. The zero-order chi connectivity index (χ0) is 25.4. The lowest BCUT2D eigenvalue weighted by Crippen LogP contribution is -2.19. The Bertz CT molecular complexity index is 1710. The predicted octanol–water partition coefficient (Wildman–Crippen LogP) is 5.31. The summed E-state index contributed by atoms with van der Waals surface area (Å²) >= 11 is 0. The minimum absolute atomic E-state index is 0.374. The molecule has 0 atom stereocenters. The molecule has 0 aliphatic heterocycles. The van der Waals surface area contributed by atoms with Gasteiger partial charge in [0.2, 0.25) is 0 Å². The number of pyridine rings is 3. The zero-order valence-electron chi connectivity index (χ0n) is 20.4. The van der Waals surface area contributed by atoms with Crippen LogP contribution in [0.4, 0.5) is 4.39 Å². The standard InChI is InChI=1S/C28H24FN7O/c1-36(2)9-10-37-21-12-18(11-20(29)14-21)26-22-15-25(33-24(22)5-8-31-26)27-23-13-19(16-32-28(23)35-34-27)17-3-6-30-7-4-17/h3-8,11-16,33H,9-10H2,1-2H3,(H,32,34,35). The highest BCUT2D eigenvalue weighted by molar-refractivity contribution is 6.00. The molecule has 0 saturated heterocycles. The summed E-state index contributed by atoms with van der Waals surface area (Å²) in [5.41, 5.74) is 6.44. The third-order valence-corrected chi connectivity index (χ3v) is 6.19. The van der Waals surface area contributed by atoms with Crippen LogP contribution >= 0.6 is 0 Å². The van der Waals surface area contributed by atoms with Crippen molar-refractivity contribution in [2.75, 3.05) is 27.2 Å². The molecule has 37 heavy (non-hydrogen) atoms. The Morgan fingerprint density at radius 3 is 2.59 bits per heavy atom. The number of likely N-dealkylation sites (N-methyl/N-ethyl adjacent to an activating group) is 1. The van der Waals surface area contributed by atoms with Crippen molar-refractivity contribution in [1.29, 1.82) is 0 Å². The monoisotopic (exact) mass is 493 g/mol. The van der Waals surface area contributed by atoms with E-state index < -0.39 is 0 Å². The Balaban J connectivity index is 1.41. The third-order valence-electron chi connectivity index (χ3n) is 6.19. The number of hydrogen-bond acceptors (Lipinski definition) is 6. The second-order valence-electron chi connectivity index (χ2n) is 9.06. The maximum Gasteiger partial charge on any atom is 0.181 e. The maximum atomic E-state index is 14.5. The Hall–Kier alpha value is -4.63. The van der Waals surface area contributed by atoms with Gasteiger partial charge in [-0.3, -0.25) is 15.1 Å². The van der Waals surface area contributed by atoms with E-state index in [1.54, 1.807) is 24.8 Å². The number of hydrogen-bond donors (Lipinski definition) is 2. The Morgan fingerprint density at radius 1 is 0.892 bits per heavy atom. The molecule has 5 heterocycles. The topological polar surface area (TPSA) is 95.6 Å². The minimum Gasteiger partial charge on any atom is -0.492 e. The molecule has 0 radical (unpaired) electrons. The molecule has 9 heteroatoms. The van der Waals surface area contributed by atoms with E-state index in [9.17, 15) is 4.39 Å². The summed E-state index contributed by atoms with van der Waals surface area (Å²) < 4.78 is 20.3. The number of halogens is 1. The number of aromatic amines is 2. The van der Waals surface area contributed by atoms with Crippen molar-refractivity contribution in [3.8, 4) is 39.5 Å². The Morgan fingerprint density at radius 2 is 1.76 bits per heavy atom. The van der Waals surface area contributed by atoms with Gasteiger partial charge in [0.15, 0.2) is 5.65 Å². The van der Waals surface area contributed by atoms with Crippen molar-refractivity contribution >= 4 is 21.9 Å². The van der Waals surface area contributed by atoms with E-state index in [1.165, 1.54) is 12.1 Å². The van der Waals surface area contributed by atoms with Crippen LogP contribution in [0.2, 0.25) is 0 Å². The summed E-state index contributed by atoms with van der Waals surface area (Å²) in [6.07, 6.45) is 7.03. The molecule has 0 bridgehead atoms. The van der Waals surface area contributed by atoms with Crippen molar-refractivity contribution in [3.63, 3.8) is 0 Å². The number of rotatable bonds is 7. The van der Waals surface area contributed by atoms with Gasteiger partial charge in [0, 0.05) is 64.8 Å². The normalized spacial score (nSPS) is 11.6. The van der Waals surface area contributed by atoms with Gasteiger partial charge in [0.25, 0.3) is 0 Å². The fourth-order valence-corrected chi connectivity index (χ4v) is 4.35. The molecule has 1 aromatic carbocycles. The van der Waals surface area contributed by atoms with E-state index in [2.05, 4.69) is 36.2 Å². The smallest absolute Gasteiger partial charge is 0.181 e. The molecule has 0 amide bonds. The van der Waals surface area contributed by atoms with Crippen LogP contribution < -0.4 is 4.74 Å². The first-order valence-corrected chi connectivity index (χ1v) is 11.9. The van der Waals surface area contributed by atoms with Gasteiger partial charge >= 0.3 is 0 Å². The van der Waals surface area contributed by atoms with Crippen molar-refractivity contribution in [2.24, 2.45) is 0 Å². The van der Waals surface area contributed by atoms with E-state index in [-0.39, 0.29) is 5.82 Å². The van der Waals surface area contributed by atoms with Crippen LogP contribution in [-0.4, -0.2) is 62.3 Å². The molecule has 6 aromatic rings. The minimum atomic E-state index is -0.374. The highest BCUT2D eigenvalue weighted by atomic mass is 19.1. The fourth-order valence-electron chi connectivity index (χ4n) is 4.35. The molecule has 0 fully saturated rings. The number of H-pyrrole nitrogens is 2. The SMILES string of the molecule is CN(C)CCOc1cc(F)cc(-c2nccc3[nH]c(-c4[nH]nc5ncc(-c6ccncc6)cc45)cc23)c1. The summed E-state index contributed by atoms with van der Waals surface area (Å²) in [4.78, 5) is 18.7. The zero-order valence-corrected chi connectivity index (χ0v) is 20.4. The van der Waals surface area contributed by atoms with Crippen LogP contribution in [0.5, 0.6) is 5.75 Å². The van der Waals surface area contributed by atoms with E-state index in [4.69, 9.17) is 4.74 Å². The van der Waals surface area contributed by atoms with Gasteiger partial charge < -0.3 is 14.6 Å². The van der Waals surface area contributed by atoms with Crippen LogP contribution in [0.1, 0.15) is 0 Å². The van der Waals surface area contributed by atoms with Gasteiger partial charge in [-0.05, 0) is 62.1 Å². The largest absolute Gasteiger partial charge is 0.492 e. The average Bonchev–Trinajstić information content (AvgIpc) is 3.52. The van der Waals surface area contributed by atoms with Crippen molar-refractivity contribution in [3.05, 3.63) is 79.1 Å². The first-order chi connectivity index (χ1) is 18.0. The maximum absolute atomic E-state index is 14.5. The summed E-state index contributed by atoms with van der Waals surface area (Å²) in [5.74, 6) is 0.0990. The van der Waals surface area contributed by atoms with E-state index in [1.807, 2.05) is 49.3 Å². The van der Waals surface area contributed by atoms with Gasteiger partial charge in [-0.15, -0.1) is 0 Å². The number of aromatic nitrogens is 6. The van der Waals surface area contributed by atoms with Crippen molar-refractivity contribution in [2.45, 2.75) is 0 Å². The average molecular weight is 494 g/mol. The predicted molar refractivity (Wildman–Crippen MR) is 142 cm³/mol. The number of ether oxygens (including phenoxy) is 1. The summed E-state index contributed by atoms with van der Waals surface area (Å²) in [5, 5.41) is 9.26. The molecule has 184 valence electrons. The summed E-state index contributed by atoms with van der Waals surface area (Å²) in [6.45, 7) is 1.20.